The van der Waals surface area contributed by atoms with Gasteiger partial charge in [0.1, 0.15) is 0 Å². The van der Waals surface area contributed by atoms with Gasteiger partial charge in [-0.2, -0.15) is 13.2 Å². The van der Waals surface area contributed by atoms with Crippen molar-refractivity contribution >= 4 is 35.8 Å². The van der Waals surface area contributed by atoms with Crippen LogP contribution in [-0.4, -0.2) is 31.0 Å². The van der Waals surface area contributed by atoms with E-state index in [-0.39, 0.29) is 49.0 Å². The minimum Gasteiger partial charge on any atom is -0.357 e. The first-order valence-corrected chi connectivity index (χ1v) is 7.86. The third kappa shape index (κ3) is 7.93. The Morgan fingerprint density at radius 2 is 2.00 bits per heavy atom. The molecule has 1 amide bonds. The Morgan fingerprint density at radius 3 is 2.60 bits per heavy atom. The second-order valence-corrected chi connectivity index (χ2v) is 5.59. The van der Waals surface area contributed by atoms with Gasteiger partial charge in [0.25, 0.3) is 0 Å². The first-order valence-electron chi connectivity index (χ1n) is 7.86. The van der Waals surface area contributed by atoms with Crippen LogP contribution < -0.4 is 16.0 Å². The van der Waals surface area contributed by atoms with Gasteiger partial charge >= 0.3 is 6.18 Å². The summed E-state index contributed by atoms with van der Waals surface area (Å²) >= 11 is 0. The lowest BCUT2D eigenvalue weighted by atomic mass is 10.1. The summed E-state index contributed by atoms with van der Waals surface area (Å²) in [7, 11) is 0. The van der Waals surface area contributed by atoms with Crippen molar-refractivity contribution in [2.75, 3.05) is 13.1 Å². The molecule has 25 heavy (non-hydrogen) atoms. The van der Waals surface area contributed by atoms with E-state index < -0.39 is 11.7 Å². The van der Waals surface area contributed by atoms with Gasteiger partial charge in [0, 0.05) is 12.6 Å². The molecule has 0 aromatic heterocycles. The van der Waals surface area contributed by atoms with E-state index in [9.17, 15) is 18.0 Å². The van der Waals surface area contributed by atoms with Crippen molar-refractivity contribution in [3.05, 3.63) is 35.4 Å². The fourth-order valence-corrected chi connectivity index (χ4v) is 2.03. The molecule has 1 aliphatic carbocycles. The first kappa shape index (κ1) is 21.5. The molecular weight excluding hydrogens is 448 g/mol. The molecule has 0 spiro atoms. The number of carbonyl (C=O) groups excluding carboxylic acids is 1. The summed E-state index contributed by atoms with van der Waals surface area (Å²) < 4.78 is 38.1. The van der Waals surface area contributed by atoms with Crippen molar-refractivity contribution < 1.29 is 18.0 Å². The van der Waals surface area contributed by atoms with Crippen molar-refractivity contribution in [3.8, 4) is 0 Å². The molecule has 140 valence electrons. The summed E-state index contributed by atoms with van der Waals surface area (Å²) in [6, 6.07) is 5.33. The van der Waals surface area contributed by atoms with Crippen LogP contribution in [0, 0.1) is 0 Å². The van der Waals surface area contributed by atoms with Crippen LogP contribution in [0.3, 0.4) is 0 Å². The van der Waals surface area contributed by atoms with Crippen LogP contribution in [0.1, 0.15) is 30.9 Å². The van der Waals surface area contributed by atoms with Crippen LogP contribution in [-0.2, 0) is 17.5 Å². The normalized spacial score (nSPS) is 14.5. The van der Waals surface area contributed by atoms with Crippen molar-refractivity contribution in [1.82, 2.24) is 16.0 Å². The highest BCUT2D eigenvalue weighted by Gasteiger charge is 2.30. The molecule has 5 nitrogen and oxygen atoms in total. The molecule has 1 aliphatic rings. The molecule has 0 heterocycles. The second kappa shape index (κ2) is 9.83. The van der Waals surface area contributed by atoms with Gasteiger partial charge in [-0.1, -0.05) is 12.1 Å². The van der Waals surface area contributed by atoms with Gasteiger partial charge in [-0.3, -0.25) is 4.79 Å². The minimum atomic E-state index is -4.37. The van der Waals surface area contributed by atoms with E-state index in [1.807, 2.05) is 6.92 Å². The number of carbonyl (C=O) groups is 1. The van der Waals surface area contributed by atoms with Gasteiger partial charge < -0.3 is 16.0 Å². The van der Waals surface area contributed by atoms with E-state index in [2.05, 4.69) is 20.9 Å². The maximum atomic E-state index is 12.7. The summed E-state index contributed by atoms with van der Waals surface area (Å²) in [6.45, 7) is 2.61. The number of aliphatic imine (C=N–C) groups is 1. The minimum absolute atomic E-state index is 0. The molecule has 0 radical (unpaired) electrons. The number of nitrogens with one attached hydrogen (secondary N) is 3. The molecule has 0 bridgehead atoms. The second-order valence-electron chi connectivity index (χ2n) is 5.59. The smallest absolute Gasteiger partial charge is 0.357 e. The molecule has 2 rings (SSSR count). The Hall–Kier alpha value is -1.52. The summed E-state index contributed by atoms with van der Waals surface area (Å²) in [5.74, 6) is 0.267. The quantitative estimate of drug-likeness (QED) is 0.341. The molecular formula is C16H22F3IN4O. The number of benzene rings is 1. The molecule has 9 heteroatoms. The fraction of sp³-hybridized carbons (Fsp3) is 0.500. The number of alkyl halides is 3. The summed E-state index contributed by atoms with van der Waals surface area (Å²) in [5, 5.41) is 8.67. The highest BCUT2D eigenvalue weighted by atomic mass is 127. The zero-order valence-corrected chi connectivity index (χ0v) is 16.2. The van der Waals surface area contributed by atoms with Gasteiger partial charge in [-0.15, -0.1) is 24.0 Å². The molecule has 3 N–H and O–H groups in total. The number of amides is 1. The lowest BCUT2D eigenvalue weighted by molar-refractivity contribution is -0.137. The molecule has 0 saturated heterocycles. The zero-order chi connectivity index (χ0) is 17.6. The van der Waals surface area contributed by atoms with E-state index in [0.717, 1.165) is 25.0 Å². The largest absolute Gasteiger partial charge is 0.416 e. The van der Waals surface area contributed by atoms with Gasteiger partial charge in [0.2, 0.25) is 5.91 Å². The van der Waals surface area contributed by atoms with Crippen LogP contribution in [0.25, 0.3) is 0 Å². The summed E-state index contributed by atoms with van der Waals surface area (Å²) in [6.07, 6.45) is -2.35. The highest BCUT2D eigenvalue weighted by molar-refractivity contribution is 14.0. The van der Waals surface area contributed by atoms with Gasteiger partial charge in [-0.25, -0.2) is 4.99 Å². The molecule has 0 atom stereocenters. The third-order valence-corrected chi connectivity index (χ3v) is 3.38. The third-order valence-electron chi connectivity index (χ3n) is 3.38. The average molecular weight is 470 g/mol. The topological polar surface area (TPSA) is 65.5 Å². The Bertz CT molecular complexity index is 603. The molecule has 1 aromatic rings. The predicted octanol–water partition coefficient (Wildman–Crippen LogP) is 2.66. The summed E-state index contributed by atoms with van der Waals surface area (Å²) in [5.41, 5.74) is -0.249. The van der Waals surface area contributed by atoms with E-state index in [1.54, 1.807) is 6.07 Å². The maximum Gasteiger partial charge on any atom is 0.416 e. The van der Waals surface area contributed by atoms with Crippen LogP contribution >= 0.6 is 24.0 Å². The molecule has 1 fully saturated rings. The Balaban J connectivity index is 0.00000312. The molecule has 1 aromatic carbocycles. The van der Waals surface area contributed by atoms with E-state index in [0.29, 0.717) is 18.1 Å². The number of hydrogen-bond donors (Lipinski definition) is 3. The SMILES string of the molecule is CCNC(=NCc1cccc(C(F)(F)F)c1)NCC(=O)NC1CC1.I. The Kier molecular flexibility index (Phi) is 8.46. The lowest BCUT2D eigenvalue weighted by Gasteiger charge is -2.12. The molecule has 0 unspecified atom stereocenters. The van der Waals surface area contributed by atoms with Crippen molar-refractivity contribution in [3.63, 3.8) is 0 Å². The summed E-state index contributed by atoms with van der Waals surface area (Å²) in [4.78, 5) is 15.9. The van der Waals surface area contributed by atoms with Crippen molar-refractivity contribution in [2.45, 2.75) is 38.5 Å². The maximum absolute atomic E-state index is 12.7. The fourth-order valence-electron chi connectivity index (χ4n) is 2.03. The Morgan fingerprint density at radius 1 is 1.28 bits per heavy atom. The van der Waals surface area contributed by atoms with Crippen LogP contribution in [0.4, 0.5) is 13.2 Å². The van der Waals surface area contributed by atoms with Crippen LogP contribution in [0.15, 0.2) is 29.3 Å². The van der Waals surface area contributed by atoms with E-state index >= 15 is 0 Å². The lowest BCUT2D eigenvalue weighted by Crippen LogP contribution is -2.43. The van der Waals surface area contributed by atoms with E-state index in [4.69, 9.17) is 0 Å². The first-order chi connectivity index (χ1) is 11.4. The monoisotopic (exact) mass is 470 g/mol. The molecule has 1 saturated carbocycles. The number of halogens is 4. The predicted molar refractivity (Wildman–Crippen MR) is 101 cm³/mol. The van der Waals surface area contributed by atoms with Gasteiger partial charge in [0.15, 0.2) is 5.96 Å². The molecule has 0 aliphatic heterocycles. The Labute approximate surface area is 161 Å². The average Bonchev–Trinajstić information content (AvgIpc) is 3.33. The number of guanidine groups is 1. The number of nitrogens with zero attached hydrogens (tertiary/aromatic N) is 1. The van der Waals surface area contributed by atoms with Crippen molar-refractivity contribution in [2.24, 2.45) is 4.99 Å². The van der Waals surface area contributed by atoms with Crippen molar-refractivity contribution in [1.29, 1.82) is 0 Å². The van der Waals surface area contributed by atoms with E-state index in [1.165, 1.54) is 6.07 Å². The highest BCUT2D eigenvalue weighted by Crippen LogP contribution is 2.29. The van der Waals surface area contributed by atoms with Gasteiger partial charge in [0.05, 0.1) is 18.7 Å². The van der Waals surface area contributed by atoms with Gasteiger partial charge in [-0.05, 0) is 37.5 Å². The standard InChI is InChI=1S/C16H21F3N4O.HI/c1-2-20-15(22-10-14(24)23-13-6-7-13)21-9-11-4-3-5-12(8-11)16(17,18)19;/h3-5,8,13H,2,6-7,9-10H2,1H3,(H,23,24)(H2,20,21,22);1H. The van der Waals surface area contributed by atoms with Crippen LogP contribution in [0.2, 0.25) is 0 Å². The number of hydrogen-bond acceptors (Lipinski definition) is 2. The zero-order valence-electron chi connectivity index (χ0n) is 13.8. The van der Waals surface area contributed by atoms with Crippen LogP contribution in [0.5, 0.6) is 0 Å². The number of rotatable bonds is 6.